The van der Waals surface area contributed by atoms with Crippen LogP contribution in [0.25, 0.3) is 0 Å². The summed E-state index contributed by atoms with van der Waals surface area (Å²) in [7, 11) is 0. The van der Waals surface area contributed by atoms with E-state index in [0.717, 1.165) is 25.8 Å². The molecule has 21 heavy (non-hydrogen) atoms. The summed E-state index contributed by atoms with van der Waals surface area (Å²) < 4.78 is 0. The van der Waals surface area contributed by atoms with Crippen LogP contribution in [0.2, 0.25) is 0 Å². The van der Waals surface area contributed by atoms with Gasteiger partial charge in [0, 0.05) is 36.5 Å². The van der Waals surface area contributed by atoms with Crippen molar-refractivity contribution in [1.82, 2.24) is 10.2 Å². The lowest BCUT2D eigenvalue weighted by molar-refractivity contribution is -0.132. The smallest absolute Gasteiger partial charge is 0.252 e. The molecule has 4 nitrogen and oxygen atoms in total. The van der Waals surface area contributed by atoms with E-state index in [0.29, 0.717) is 18.5 Å². The molecule has 118 valence electrons. The van der Waals surface area contributed by atoms with Crippen LogP contribution < -0.4 is 5.32 Å². The molecule has 1 rings (SSSR count). The minimum atomic E-state index is -0.105. The normalized spacial score (nSPS) is 10.7. The van der Waals surface area contributed by atoms with Crippen LogP contribution in [-0.4, -0.2) is 35.8 Å². The first-order chi connectivity index (χ1) is 10.1. The Morgan fingerprint density at radius 2 is 2.10 bits per heavy atom. The minimum Gasteiger partial charge on any atom is -0.351 e. The SMILES string of the molecule is CCCCCN(C(=O)CCNC(=O)c1ccsc1)C(C)C. The second kappa shape index (κ2) is 9.55. The number of hydrogen-bond donors (Lipinski definition) is 1. The van der Waals surface area contributed by atoms with Gasteiger partial charge in [0.1, 0.15) is 0 Å². The maximum absolute atomic E-state index is 12.2. The summed E-state index contributed by atoms with van der Waals surface area (Å²) >= 11 is 1.49. The molecule has 0 aromatic carbocycles. The summed E-state index contributed by atoms with van der Waals surface area (Å²) in [4.78, 5) is 25.9. The standard InChI is InChI=1S/C16H26N2O2S/c1-4-5-6-10-18(13(2)3)15(19)7-9-17-16(20)14-8-11-21-12-14/h8,11-13H,4-7,9-10H2,1-3H3,(H,17,20). The van der Waals surface area contributed by atoms with Crippen molar-refractivity contribution in [2.75, 3.05) is 13.1 Å². The van der Waals surface area contributed by atoms with Gasteiger partial charge in [-0.2, -0.15) is 11.3 Å². The van der Waals surface area contributed by atoms with Gasteiger partial charge in [0.25, 0.3) is 5.91 Å². The van der Waals surface area contributed by atoms with Crippen molar-refractivity contribution in [3.63, 3.8) is 0 Å². The number of nitrogens with zero attached hydrogens (tertiary/aromatic N) is 1. The van der Waals surface area contributed by atoms with Gasteiger partial charge >= 0.3 is 0 Å². The van der Waals surface area contributed by atoms with E-state index in [9.17, 15) is 9.59 Å². The maximum Gasteiger partial charge on any atom is 0.252 e. The second-order valence-electron chi connectivity index (χ2n) is 5.41. The average Bonchev–Trinajstić information content (AvgIpc) is 2.97. The first-order valence-electron chi connectivity index (χ1n) is 7.66. The number of hydrogen-bond acceptors (Lipinski definition) is 3. The molecule has 0 saturated heterocycles. The zero-order valence-electron chi connectivity index (χ0n) is 13.2. The first kappa shape index (κ1) is 17.7. The van der Waals surface area contributed by atoms with E-state index in [1.165, 1.54) is 11.3 Å². The third kappa shape index (κ3) is 6.29. The fraction of sp³-hybridized carbons (Fsp3) is 0.625. The summed E-state index contributed by atoms with van der Waals surface area (Å²) in [6.45, 7) is 7.43. The Hall–Kier alpha value is -1.36. The Morgan fingerprint density at radius 3 is 2.67 bits per heavy atom. The molecule has 0 bridgehead atoms. The Labute approximate surface area is 131 Å². The number of rotatable bonds is 9. The highest BCUT2D eigenvalue weighted by atomic mass is 32.1. The van der Waals surface area contributed by atoms with Gasteiger partial charge in [-0.3, -0.25) is 9.59 Å². The molecule has 2 amide bonds. The lowest BCUT2D eigenvalue weighted by Crippen LogP contribution is -2.39. The number of unbranched alkanes of at least 4 members (excludes halogenated alkanes) is 2. The summed E-state index contributed by atoms with van der Waals surface area (Å²) in [5, 5.41) is 6.47. The molecule has 0 unspecified atom stereocenters. The molecule has 0 aliphatic carbocycles. The molecule has 1 heterocycles. The molecule has 5 heteroatoms. The van der Waals surface area contributed by atoms with Gasteiger partial charge < -0.3 is 10.2 Å². The highest BCUT2D eigenvalue weighted by Gasteiger charge is 2.16. The molecule has 0 fully saturated rings. The molecule has 0 aliphatic heterocycles. The van der Waals surface area contributed by atoms with Crippen molar-refractivity contribution in [2.24, 2.45) is 0 Å². The third-order valence-corrected chi connectivity index (χ3v) is 4.04. The van der Waals surface area contributed by atoms with Crippen LogP contribution in [0, 0.1) is 0 Å². The van der Waals surface area contributed by atoms with Gasteiger partial charge in [-0.1, -0.05) is 19.8 Å². The predicted octanol–water partition coefficient (Wildman–Crippen LogP) is 3.30. The lowest BCUT2D eigenvalue weighted by Gasteiger charge is -2.27. The summed E-state index contributed by atoms with van der Waals surface area (Å²) in [6, 6.07) is 1.99. The van der Waals surface area contributed by atoms with E-state index in [-0.39, 0.29) is 17.9 Å². The van der Waals surface area contributed by atoms with Crippen molar-refractivity contribution >= 4 is 23.2 Å². The molecule has 0 atom stereocenters. The summed E-state index contributed by atoms with van der Waals surface area (Å²) in [5.41, 5.74) is 0.663. The quantitative estimate of drug-likeness (QED) is 0.712. The highest BCUT2D eigenvalue weighted by molar-refractivity contribution is 7.08. The van der Waals surface area contributed by atoms with Gasteiger partial charge in [-0.15, -0.1) is 0 Å². The molecule has 1 aromatic rings. The Kier molecular flexibility index (Phi) is 8.05. The number of amides is 2. The topological polar surface area (TPSA) is 49.4 Å². The Bertz CT molecular complexity index is 429. The molecular formula is C16H26N2O2S. The van der Waals surface area contributed by atoms with Crippen LogP contribution in [-0.2, 0) is 4.79 Å². The van der Waals surface area contributed by atoms with Crippen molar-refractivity contribution in [3.8, 4) is 0 Å². The largest absolute Gasteiger partial charge is 0.351 e. The summed E-state index contributed by atoms with van der Waals surface area (Å²) in [6.07, 6.45) is 3.70. The van der Waals surface area contributed by atoms with Gasteiger partial charge in [0.2, 0.25) is 5.91 Å². The van der Waals surface area contributed by atoms with Crippen LogP contribution in [0.15, 0.2) is 16.8 Å². The van der Waals surface area contributed by atoms with Gasteiger partial charge in [-0.25, -0.2) is 0 Å². The second-order valence-corrected chi connectivity index (χ2v) is 6.19. The average molecular weight is 310 g/mol. The number of thiophene rings is 1. The van der Waals surface area contributed by atoms with E-state index in [1.54, 1.807) is 6.07 Å². The first-order valence-corrected chi connectivity index (χ1v) is 8.60. The van der Waals surface area contributed by atoms with Crippen molar-refractivity contribution < 1.29 is 9.59 Å². The third-order valence-electron chi connectivity index (χ3n) is 3.35. The minimum absolute atomic E-state index is 0.105. The number of carbonyl (C=O) groups is 2. The highest BCUT2D eigenvalue weighted by Crippen LogP contribution is 2.07. The van der Waals surface area contributed by atoms with Gasteiger partial charge in [-0.05, 0) is 31.7 Å². The van der Waals surface area contributed by atoms with Crippen LogP contribution in [0.5, 0.6) is 0 Å². The molecule has 0 aliphatic rings. The fourth-order valence-corrected chi connectivity index (χ4v) is 2.76. The monoisotopic (exact) mass is 310 g/mol. The zero-order valence-corrected chi connectivity index (χ0v) is 14.0. The number of nitrogens with one attached hydrogen (secondary N) is 1. The predicted molar refractivity (Wildman–Crippen MR) is 87.6 cm³/mol. The van der Waals surface area contributed by atoms with Gasteiger partial charge in [0.15, 0.2) is 0 Å². The molecule has 1 N–H and O–H groups in total. The Balaban J connectivity index is 2.34. The van der Waals surface area contributed by atoms with E-state index in [1.807, 2.05) is 29.5 Å². The maximum atomic E-state index is 12.2. The van der Waals surface area contributed by atoms with Crippen LogP contribution in [0.3, 0.4) is 0 Å². The van der Waals surface area contributed by atoms with Crippen LogP contribution in [0.4, 0.5) is 0 Å². The molecule has 0 radical (unpaired) electrons. The van der Waals surface area contributed by atoms with Crippen molar-refractivity contribution in [1.29, 1.82) is 0 Å². The lowest BCUT2D eigenvalue weighted by atomic mass is 10.2. The van der Waals surface area contributed by atoms with Crippen molar-refractivity contribution in [3.05, 3.63) is 22.4 Å². The number of carbonyl (C=O) groups excluding carboxylic acids is 2. The van der Waals surface area contributed by atoms with Crippen molar-refractivity contribution in [2.45, 2.75) is 52.5 Å². The molecule has 0 saturated carbocycles. The van der Waals surface area contributed by atoms with Crippen LogP contribution >= 0.6 is 11.3 Å². The molecule has 1 aromatic heterocycles. The van der Waals surface area contributed by atoms with E-state index >= 15 is 0 Å². The van der Waals surface area contributed by atoms with E-state index < -0.39 is 0 Å². The molecular weight excluding hydrogens is 284 g/mol. The van der Waals surface area contributed by atoms with E-state index in [4.69, 9.17) is 0 Å². The zero-order chi connectivity index (χ0) is 15.7. The van der Waals surface area contributed by atoms with E-state index in [2.05, 4.69) is 12.2 Å². The van der Waals surface area contributed by atoms with Gasteiger partial charge in [0.05, 0.1) is 0 Å². The van der Waals surface area contributed by atoms with Crippen LogP contribution in [0.1, 0.15) is 56.8 Å². The fourth-order valence-electron chi connectivity index (χ4n) is 2.13. The Morgan fingerprint density at radius 1 is 1.33 bits per heavy atom. The molecule has 0 spiro atoms. The summed E-state index contributed by atoms with van der Waals surface area (Å²) in [5.74, 6) is 0.0119.